The predicted octanol–water partition coefficient (Wildman–Crippen LogP) is 5.50. The molecule has 4 aromatic rings. The molecular weight excluding hydrogens is 370 g/mol. The molecular formula is C26H27N3O. The van der Waals surface area contributed by atoms with Crippen molar-refractivity contribution in [3.63, 3.8) is 0 Å². The zero-order valence-corrected chi connectivity index (χ0v) is 17.9. The Morgan fingerprint density at radius 3 is 2.47 bits per heavy atom. The Labute approximate surface area is 177 Å². The van der Waals surface area contributed by atoms with Gasteiger partial charge in [0.2, 0.25) is 0 Å². The van der Waals surface area contributed by atoms with E-state index >= 15 is 0 Å². The summed E-state index contributed by atoms with van der Waals surface area (Å²) in [5.74, 6) is -0.0780. The van der Waals surface area contributed by atoms with Crippen LogP contribution in [0.25, 0.3) is 10.9 Å². The highest BCUT2D eigenvalue weighted by molar-refractivity contribution is 5.98. The Morgan fingerprint density at radius 1 is 0.967 bits per heavy atom. The number of nitrogens with zero attached hydrogens (tertiary/aromatic N) is 2. The van der Waals surface area contributed by atoms with Gasteiger partial charge in [0.05, 0.1) is 24.3 Å². The molecule has 4 rings (SSSR count). The highest BCUT2D eigenvalue weighted by Crippen LogP contribution is 2.20. The molecule has 30 heavy (non-hydrogen) atoms. The number of nitrogens with one attached hydrogen (secondary N) is 1. The molecule has 0 aliphatic heterocycles. The molecule has 0 bridgehead atoms. The van der Waals surface area contributed by atoms with Crippen LogP contribution in [0.1, 0.15) is 51.1 Å². The van der Waals surface area contributed by atoms with E-state index in [1.807, 2.05) is 36.0 Å². The van der Waals surface area contributed by atoms with Crippen LogP contribution in [0.2, 0.25) is 0 Å². The zero-order valence-electron chi connectivity index (χ0n) is 17.9. The Bertz CT molecular complexity index is 1200. The third-order valence-electron chi connectivity index (χ3n) is 5.74. The Kier molecular flexibility index (Phi) is 5.40. The van der Waals surface area contributed by atoms with Crippen molar-refractivity contribution in [1.82, 2.24) is 15.1 Å². The van der Waals surface area contributed by atoms with Crippen molar-refractivity contribution in [3.05, 3.63) is 100 Å². The van der Waals surface area contributed by atoms with E-state index in [2.05, 4.69) is 73.7 Å². The molecule has 1 amide bonds. The second-order valence-corrected chi connectivity index (χ2v) is 8.10. The lowest BCUT2D eigenvalue weighted by atomic mass is 10.0. The molecule has 4 nitrogen and oxygen atoms in total. The summed E-state index contributed by atoms with van der Waals surface area (Å²) < 4.78 is 1.95. The first-order valence-electron chi connectivity index (χ1n) is 10.3. The molecule has 1 aromatic heterocycles. The van der Waals surface area contributed by atoms with Crippen LogP contribution in [0.5, 0.6) is 0 Å². The van der Waals surface area contributed by atoms with E-state index in [0.29, 0.717) is 12.1 Å². The van der Waals surface area contributed by atoms with Crippen molar-refractivity contribution in [2.75, 3.05) is 0 Å². The third-order valence-corrected chi connectivity index (χ3v) is 5.74. The Balaban J connectivity index is 1.55. The standard InChI is InChI=1S/C26H27N3O/c1-17-5-8-21(9-6-17)16-29-25-14-23(11-12-24(25)15-27-29)26(30)28-20(4)22-10-7-18(2)19(3)13-22/h5-15,20H,16H2,1-4H3,(H,28,30)/t20-/m0/s1. The molecule has 0 aliphatic carbocycles. The van der Waals surface area contributed by atoms with Gasteiger partial charge in [-0.1, -0.05) is 54.1 Å². The highest BCUT2D eigenvalue weighted by Gasteiger charge is 2.14. The van der Waals surface area contributed by atoms with Gasteiger partial charge >= 0.3 is 0 Å². The molecule has 0 radical (unpaired) electrons. The molecule has 152 valence electrons. The Morgan fingerprint density at radius 2 is 1.73 bits per heavy atom. The van der Waals surface area contributed by atoms with Crippen LogP contribution in [0.4, 0.5) is 0 Å². The average molecular weight is 398 g/mol. The summed E-state index contributed by atoms with van der Waals surface area (Å²) >= 11 is 0. The molecule has 1 atom stereocenters. The summed E-state index contributed by atoms with van der Waals surface area (Å²) in [6.07, 6.45) is 1.85. The SMILES string of the molecule is Cc1ccc(Cn2ncc3ccc(C(=O)N[C@@H](C)c4ccc(C)c(C)c4)cc32)cc1. The predicted molar refractivity (Wildman–Crippen MR) is 122 cm³/mol. The maximum atomic E-state index is 12.9. The van der Waals surface area contributed by atoms with Gasteiger partial charge in [-0.2, -0.15) is 5.10 Å². The van der Waals surface area contributed by atoms with Gasteiger partial charge in [0, 0.05) is 10.9 Å². The van der Waals surface area contributed by atoms with Crippen LogP contribution >= 0.6 is 0 Å². The lowest BCUT2D eigenvalue weighted by Crippen LogP contribution is -2.26. The van der Waals surface area contributed by atoms with E-state index in [1.165, 1.54) is 22.3 Å². The van der Waals surface area contributed by atoms with Crippen LogP contribution in [0.3, 0.4) is 0 Å². The number of benzene rings is 3. The maximum absolute atomic E-state index is 12.9. The van der Waals surface area contributed by atoms with Gasteiger partial charge in [0.15, 0.2) is 0 Å². The molecule has 0 unspecified atom stereocenters. The van der Waals surface area contributed by atoms with Crippen molar-refractivity contribution in [3.8, 4) is 0 Å². The van der Waals surface area contributed by atoms with Crippen molar-refractivity contribution >= 4 is 16.8 Å². The van der Waals surface area contributed by atoms with E-state index in [0.717, 1.165) is 16.5 Å². The summed E-state index contributed by atoms with van der Waals surface area (Å²) in [6, 6.07) is 20.4. The maximum Gasteiger partial charge on any atom is 0.251 e. The minimum Gasteiger partial charge on any atom is -0.346 e. The number of hydrogen-bond donors (Lipinski definition) is 1. The summed E-state index contributed by atoms with van der Waals surface area (Å²) in [4.78, 5) is 12.9. The molecule has 1 N–H and O–H groups in total. The fourth-order valence-corrected chi connectivity index (χ4v) is 3.60. The lowest BCUT2D eigenvalue weighted by Gasteiger charge is -2.16. The van der Waals surface area contributed by atoms with Gasteiger partial charge in [-0.3, -0.25) is 9.48 Å². The minimum atomic E-state index is -0.0780. The number of amides is 1. The summed E-state index contributed by atoms with van der Waals surface area (Å²) in [6.45, 7) is 8.96. The van der Waals surface area contributed by atoms with Gasteiger partial charge in [0.25, 0.3) is 5.91 Å². The highest BCUT2D eigenvalue weighted by atomic mass is 16.1. The number of carbonyl (C=O) groups is 1. The van der Waals surface area contributed by atoms with E-state index in [1.54, 1.807) is 0 Å². The summed E-state index contributed by atoms with van der Waals surface area (Å²) in [7, 11) is 0. The molecule has 0 spiro atoms. The molecule has 1 heterocycles. The van der Waals surface area contributed by atoms with Crippen LogP contribution in [0, 0.1) is 20.8 Å². The number of fused-ring (bicyclic) bond motifs is 1. The van der Waals surface area contributed by atoms with E-state index in [4.69, 9.17) is 0 Å². The minimum absolute atomic E-state index is 0.0648. The monoisotopic (exact) mass is 397 g/mol. The zero-order chi connectivity index (χ0) is 21.3. The first kappa shape index (κ1) is 19.9. The second kappa shape index (κ2) is 8.15. The van der Waals surface area contributed by atoms with Crippen molar-refractivity contribution in [1.29, 1.82) is 0 Å². The van der Waals surface area contributed by atoms with E-state index in [-0.39, 0.29) is 11.9 Å². The van der Waals surface area contributed by atoms with E-state index < -0.39 is 0 Å². The van der Waals surface area contributed by atoms with E-state index in [9.17, 15) is 4.79 Å². The van der Waals surface area contributed by atoms with Gasteiger partial charge in [0.1, 0.15) is 0 Å². The number of rotatable bonds is 5. The van der Waals surface area contributed by atoms with Crippen molar-refractivity contribution < 1.29 is 4.79 Å². The molecule has 0 fully saturated rings. The van der Waals surface area contributed by atoms with Gasteiger partial charge in [-0.05, 0) is 62.1 Å². The van der Waals surface area contributed by atoms with Crippen molar-refractivity contribution in [2.45, 2.75) is 40.3 Å². The third kappa shape index (κ3) is 4.13. The van der Waals surface area contributed by atoms with Crippen LogP contribution in [-0.4, -0.2) is 15.7 Å². The molecule has 0 saturated heterocycles. The lowest BCUT2D eigenvalue weighted by molar-refractivity contribution is 0.0940. The molecule has 4 heteroatoms. The Hall–Kier alpha value is -3.40. The largest absolute Gasteiger partial charge is 0.346 e. The van der Waals surface area contributed by atoms with Gasteiger partial charge < -0.3 is 5.32 Å². The van der Waals surface area contributed by atoms with Crippen LogP contribution in [0.15, 0.2) is 66.9 Å². The first-order chi connectivity index (χ1) is 14.4. The average Bonchev–Trinajstić information content (AvgIpc) is 3.13. The number of aryl methyl sites for hydroxylation is 3. The normalized spacial score (nSPS) is 12.1. The number of hydrogen-bond acceptors (Lipinski definition) is 2. The molecule has 0 aliphatic rings. The molecule has 3 aromatic carbocycles. The van der Waals surface area contributed by atoms with Gasteiger partial charge in [-0.15, -0.1) is 0 Å². The molecule has 0 saturated carbocycles. The fraction of sp³-hybridized carbons (Fsp3) is 0.231. The summed E-state index contributed by atoms with van der Waals surface area (Å²) in [5, 5.41) is 8.68. The van der Waals surface area contributed by atoms with Crippen molar-refractivity contribution in [2.24, 2.45) is 0 Å². The quantitative estimate of drug-likeness (QED) is 0.483. The first-order valence-corrected chi connectivity index (χ1v) is 10.3. The van der Waals surface area contributed by atoms with Gasteiger partial charge in [-0.25, -0.2) is 0 Å². The van der Waals surface area contributed by atoms with Crippen LogP contribution in [-0.2, 0) is 6.54 Å². The summed E-state index contributed by atoms with van der Waals surface area (Å²) in [5.41, 5.74) is 7.62. The smallest absolute Gasteiger partial charge is 0.251 e. The topological polar surface area (TPSA) is 46.9 Å². The number of carbonyl (C=O) groups excluding carboxylic acids is 1. The van der Waals surface area contributed by atoms with Crippen LogP contribution < -0.4 is 5.32 Å². The number of aromatic nitrogens is 2. The second-order valence-electron chi connectivity index (χ2n) is 8.10. The fourth-order valence-electron chi connectivity index (χ4n) is 3.60.